The summed E-state index contributed by atoms with van der Waals surface area (Å²) in [6.45, 7) is 0. The van der Waals surface area contributed by atoms with Crippen molar-refractivity contribution in [3.63, 3.8) is 0 Å². The number of nitro groups is 1. The van der Waals surface area contributed by atoms with Crippen molar-refractivity contribution >= 4 is 23.2 Å². The molecule has 1 aliphatic carbocycles. The lowest BCUT2D eigenvalue weighted by atomic mass is 9.76. The molecule has 1 aromatic carbocycles. The summed E-state index contributed by atoms with van der Waals surface area (Å²) in [5.74, 6) is -0.385. The maximum atomic E-state index is 12.4. The summed E-state index contributed by atoms with van der Waals surface area (Å²) in [4.78, 5) is 36.0. The van der Waals surface area contributed by atoms with Gasteiger partial charge in [-0.1, -0.05) is 12.8 Å². The Kier molecular flexibility index (Phi) is 3.23. The molecule has 0 bridgehead atoms. The van der Waals surface area contributed by atoms with Crippen molar-refractivity contribution in [2.24, 2.45) is 5.41 Å². The largest absolute Gasteiger partial charge is 0.274 e. The summed E-state index contributed by atoms with van der Waals surface area (Å²) in [6, 6.07) is 5.55. The van der Waals surface area contributed by atoms with E-state index in [1.807, 2.05) is 0 Å². The highest BCUT2D eigenvalue weighted by Gasteiger charge is 2.45. The first-order chi connectivity index (χ1) is 10.0. The zero-order valence-corrected chi connectivity index (χ0v) is 11.6. The summed E-state index contributed by atoms with van der Waals surface area (Å²) in [6.07, 6.45) is 4.85. The zero-order valence-electron chi connectivity index (χ0n) is 11.6. The topological polar surface area (TPSA) is 80.5 Å². The summed E-state index contributed by atoms with van der Waals surface area (Å²) in [5, 5.41) is 10.6. The minimum absolute atomic E-state index is 0.0529. The molecule has 3 rings (SSSR count). The fourth-order valence-corrected chi connectivity index (χ4v) is 3.49. The van der Waals surface area contributed by atoms with Crippen molar-refractivity contribution in [1.82, 2.24) is 0 Å². The fourth-order valence-electron chi connectivity index (χ4n) is 3.49. The van der Waals surface area contributed by atoms with Crippen molar-refractivity contribution in [2.45, 2.75) is 38.5 Å². The molecule has 110 valence electrons. The number of hydrogen-bond donors (Lipinski definition) is 0. The van der Waals surface area contributed by atoms with Crippen LogP contribution in [0.1, 0.15) is 38.5 Å². The van der Waals surface area contributed by atoms with E-state index in [2.05, 4.69) is 0 Å². The van der Waals surface area contributed by atoms with E-state index in [0.29, 0.717) is 18.5 Å². The van der Waals surface area contributed by atoms with Crippen molar-refractivity contribution < 1.29 is 14.5 Å². The first-order valence-corrected chi connectivity index (χ1v) is 7.11. The molecule has 0 N–H and O–H groups in total. The van der Waals surface area contributed by atoms with E-state index in [-0.39, 0.29) is 22.9 Å². The number of amides is 2. The lowest BCUT2D eigenvalue weighted by molar-refractivity contribution is -0.384. The molecule has 1 aliphatic heterocycles. The maximum absolute atomic E-state index is 12.4. The number of benzene rings is 1. The Hall–Kier alpha value is -2.24. The predicted molar refractivity (Wildman–Crippen MR) is 75.7 cm³/mol. The summed E-state index contributed by atoms with van der Waals surface area (Å²) in [5.41, 5.74) is 0.234. The van der Waals surface area contributed by atoms with Gasteiger partial charge < -0.3 is 0 Å². The molecule has 6 heteroatoms. The van der Waals surface area contributed by atoms with Crippen LogP contribution >= 0.6 is 0 Å². The van der Waals surface area contributed by atoms with Crippen molar-refractivity contribution in [3.05, 3.63) is 34.4 Å². The highest BCUT2D eigenvalue weighted by molar-refractivity contribution is 6.17. The molecule has 0 radical (unpaired) electrons. The standard InChI is InChI=1S/C15H16N2O4/c18-13-9-15(7-1-2-8-15)10-14(19)16(13)11-3-5-12(6-4-11)17(20)21/h3-6H,1-2,7-10H2. The molecule has 1 aromatic rings. The molecular weight excluding hydrogens is 272 g/mol. The highest BCUT2D eigenvalue weighted by atomic mass is 16.6. The number of imide groups is 1. The molecular formula is C15H16N2O4. The number of carbonyl (C=O) groups is 2. The summed E-state index contributed by atoms with van der Waals surface area (Å²) >= 11 is 0. The fraction of sp³-hybridized carbons (Fsp3) is 0.467. The second kappa shape index (κ2) is 4.95. The molecule has 0 aromatic heterocycles. The molecule has 1 saturated heterocycles. The lowest BCUT2D eigenvalue weighted by Crippen LogP contribution is -2.47. The molecule has 1 spiro atoms. The van der Waals surface area contributed by atoms with E-state index in [0.717, 1.165) is 25.7 Å². The third kappa shape index (κ3) is 2.41. The van der Waals surface area contributed by atoms with Crippen LogP contribution in [0, 0.1) is 15.5 Å². The molecule has 1 heterocycles. The number of anilines is 1. The van der Waals surface area contributed by atoms with Gasteiger partial charge in [0.2, 0.25) is 11.8 Å². The molecule has 2 aliphatic rings. The maximum Gasteiger partial charge on any atom is 0.269 e. The lowest BCUT2D eigenvalue weighted by Gasteiger charge is -2.37. The Morgan fingerprint density at radius 1 is 1.00 bits per heavy atom. The Morgan fingerprint density at radius 2 is 1.52 bits per heavy atom. The zero-order chi connectivity index (χ0) is 15.0. The van der Waals surface area contributed by atoms with Gasteiger partial charge in [0.1, 0.15) is 0 Å². The van der Waals surface area contributed by atoms with Crippen LogP contribution < -0.4 is 4.90 Å². The van der Waals surface area contributed by atoms with Crippen LogP contribution in [0.5, 0.6) is 0 Å². The number of nitro benzene ring substituents is 1. The molecule has 0 atom stereocenters. The second-order valence-electron chi connectivity index (χ2n) is 5.96. The van der Waals surface area contributed by atoms with Crippen LogP contribution in [0.3, 0.4) is 0 Å². The van der Waals surface area contributed by atoms with E-state index in [9.17, 15) is 19.7 Å². The van der Waals surface area contributed by atoms with Crippen LogP contribution in [0.2, 0.25) is 0 Å². The molecule has 1 saturated carbocycles. The minimum atomic E-state index is -0.503. The number of hydrogen-bond acceptors (Lipinski definition) is 4. The normalized spacial score (nSPS) is 21.0. The van der Waals surface area contributed by atoms with E-state index in [4.69, 9.17) is 0 Å². The molecule has 2 fully saturated rings. The molecule has 6 nitrogen and oxygen atoms in total. The van der Waals surface area contributed by atoms with Gasteiger partial charge in [-0.15, -0.1) is 0 Å². The molecule has 2 amide bonds. The first-order valence-electron chi connectivity index (χ1n) is 7.11. The Bertz CT molecular complexity index is 583. The van der Waals surface area contributed by atoms with Crippen LogP contribution in [-0.4, -0.2) is 16.7 Å². The number of nitrogens with zero attached hydrogens (tertiary/aromatic N) is 2. The number of piperidine rings is 1. The quantitative estimate of drug-likeness (QED) is 0.476. The van der Waals surface area contributed by atoms with Gasteiger partial charge >= 0.3 is 0 Å². The first kappa shape index (κ1) is 13.7. The van der Waals surface area contributed by atoms with E-state index in [1.165, 1.54) is 29.2 Å². The van der Waals surface area contributed by atoms with Gasteiger partial charge in [-0.2, -0.15) is 0 Å². The van der Waals surface area contributed by atoms with E-state index in [1.54, 1.807) is 0 Å². The van der Waals surface area contributed by atoms with Gasteiger partial charge in [-0.25, -0.2) is 0 Å². The number of non-ortho nitro benzene ring substituents is 1. The van der Waals surface area contributed by atoms with Crippen molar-refractivity contribution in [3.8, 4) is 0 Å². The SMILES string of the molecule is O=C1CC2(CCCC2)CC(=O)N1c1ccc([N+](=O)[O-])cc1. The highest BCUT2D eigenvalue weighted by Crippen LogP contribution is 2.47. The Balaban J connectivity index is 1.84. The van der Waals surface area contributed by atoms with E-state index >= 15 is 0 Å². The van der Waals surface area contributed by atoms with Crippen LogP contribution in [0.25, 0.3) is 0 Å². The van der Waals surface area contributed by atoms with Crippen molar-refractivity contribution in [2.75, 3.05) is 4.90 Å². The summed E-state index contributed by atoms with van der Waals surface area (Å²) < 4.78 is 0. The van der Waals surface area contributed by atoms with Gasteiger partial charge in [0.25, 0.3) is 5.69 Å². The Morgan fingerprint density at radius 3 is 2.00 bits per heavy atom. The van der Waals surface area contributed by atoms with Gasteiger partial charge in [-0.3, -0.25) is 24.6 Å². The number of rotatable bonds is 2. The minimum Gasteiger partial charge on any atom is -0.274 e. The van der Waals surface area contributed by atoms with Gasteiger partial charge in [0, 0.05) is 25.0 Å². The van der Waals surface area contributed by atoms with Gasteiger partial charge in [0.05, 0.1) is 10.6 Å². The van der Waals surface area contributed by atoms with Gasteiger partial charge in [0.15, 0.2) is 0 Å². The van der Waals surface area contributed by atoms with Crippen LogP contribution in [0.4, 0.5) is 11.4 Å². The van der Waals surface area contributed by atoms with Crippen LogP contribution in [-0.2, 0) is 9.59 Å². The smallest absolute Gasteiger partial charge is 0.269 e. The second-order valence-corrected chi connectivity index (χ2v) is 5.96. The summed E-state index contributed by atoms with van der Waals surface area (Å²) in [7, 11) is 0. The molecule has 21 heavy (non-hydrogen) atoms. The average Bonchev–Trinajstić information content (AvgIpc) is 2.86. The average molecular weight is 288 g/mol. The predicted octanol–water partition coefficient (Wildman–Crippen LogP) is 2.81. The Labute approximate surface area is 121 Å². The third-order valence-corrected chi connectivity index (χ3v) is 4.53. The molecule has 0 unspecified atom stereocenters. The number of carbonyl (C=O) groups excluding carboxylic acids is 2. The monoisotopic (exact) mass is 288 g/mol. The van der Waals surface area contributed by atoms with E-state index < -0.39 is 4.92 Å². The van der Waals surface area contributed by atoms with Crippen molar-refractivity contribution in [1.29, 1.82) is 0 Å². The van der Waals surface area contributed by atoms with Crippen LogP contribution in [0.15, 0.2) is 24.3 Å². The van der Waals surface area contributed by atoms with Gasteiger partial charge in [-0.05, 0) is 30.4 Å². The third-order valence-electron chi connectivity index (χ3n) is 4.53.